The van der Waals surface area contributed by atoms with Gasteiger partial charge in [0.2, 0.25) is 5.91 Å². The molecule has 5 nitrogen and oxygen atoms in total. The first-order chi connectivity index (χ1) is 10.0. The summed E-state index contributed by atoms with van der Waals surface area (Å²) >= 11 is 0. The number of hydrogen-bond acceptors (Lipinski definition) is 4. The summed E-state index contributed by atoms with van der Waals surface area (Å²) in [6.07, 6.45) is 0.507. The van der Waals surface area contributed by atoms with E-state index in [2.05, 4.69) is 17.9 Å². The van der Waals surface area contributed by atoms with Crippen LogP contribution in [0, 0.1) is 17.2 Å². The van der Waals surface area contributed by atoms with Crippen molar-refractivity contribution >= 4 is 5.91 Å². The van der Waals surface area contributed by atoms with Crippen LogP contribution < -0.4 is 5.73 Å². The summed E-state index contributed by atoms with van der Waals surface area (Å²) in [6.45, 7) is 3.79. The molecule has 1 aromatic carbocycles. The standard InChI is InChI=1S/C16H21N3O2/c1-11(13-4-2-12(10-17)3-5-13)19-8-6-14(7-9-19)15(20)16(18)21/h2-5,11,14-15,20H,6-9H2,1H3,(H2,18,21)/t11-,15+/m1/s1. The minimum atomic E-state index is -1.03. The van der Waals surface area contributed by atoms with Crippen LogP contribution in [0.3, 0.4) is 0 Å². The number of piperidine rings is 1. The summed E-state index contributed by atoms with van der Waals surface area (Å²) in [7, 11) is 0. The maximum absolute atomic E-state index is 11.0. The van der Waals surface area contributed by atoms with E-state index in [1.807, 2.05) is 24.3 Å². The molecule has 0 unspecified atom stereocenters. The summed E-state index contributed by atoms with van der Waals surface area (Å²) in [4.78, 5) is 13.4. The molecule has 1 aromatic rings. The maximum atomic E-state index is 11.0. The van der Waals surface area contributed by atoms with Crippen molar-refractivity contribution in [3.05, 3.63) is 35.4 Å². The molecule has 0 aliphatic carbocycles. The van der Waals surface area contributed by atoms with Crippen molar-refractivity contribution in [3.8, 4) is 6.07 Å². The lowest BCUT2D eigenvalue weighted by molar-refractivity contribution is -0.129. The Hall–Kier alpha value is -1.90. The SMILES string of the molecule is C[C@H](c1ccc(C#N)cc1)N1CCC([C@H](O)C(N)=O)CC1. The highest BCUT2D eigenvalue weighted by atomic mass is 16.3. The van der Waals surface area contributed by atoms with Gasteiger partial charge < -0.3 is 10.8 Å². The molecule has 1 aliphatic rings. The number of primary amides is 1. The highest BCUT2D eigenvalue weighted by Gasteiger charge is 2.30. The first-order valence-electron chi connectivity index (χ1n) is 7.24. The fraction of sp³-hybridized carbons (Fsp3) is 0.500. The third-order valence-corrected chi connectivity index (χ3v) is 4.38. The van der Waals surface area contributed by atoms with E-state index in [4.69, 9.17) is 11.0 Å². The van der Waals surface area contributed by atoms with Gasteiger partial charge in [-0.05, 0) is 56.5 Å². The second-order valence-electron chi connectivity index (χ2n) is 5.63. The summed E-state index contributed by atoms with van der Waals surface area (Å²) < 4.78 is 0. The molecule has 1 aliphatic heterocycles. The zero-order valence-corrected chi connectivity index (χ0v) is 12.2. The molecule has 21 heavy (non-hydrogen) atoms. The Morgan fingerprint density at radius 3 is 2.43 bits per heavy atom. The van der Waals surface area contributed by atoms with Gasteiger partial charge in [0, 0.05) is 6.04 Å². The van der Waals surface area contributed by atoms with Crippen LogP contribution in [-0.2, 0) is 4.79 Å². The molecule has 0 bridgehead atoms. The number of likely N-dealkylation sites (tertiary alicyclic amines) is 1. The van der Waals surface area contributed by atoms with Gasteiger partial charge in [0.25, 0.3) is 0 Å². The maximum Gasteiger partial charge on any atom is 0.246 e. The summed E-state index contributed by atoms with van der Waals surface area (Å²) in [5.74, 6) is -0.666. The summed E-state index contributed by atoms with van der Waals surface area (Å²) in [5, 5.41) is 18.5. The number of carbonyl (C=O) groups is 1. The minimum absolute atomic E-state index is 0.0353. The first kappa shape index (κ1) is 15.5. The Labute approximate surface area is 125 Å². The Balaban J connectivity index is 1.95. The fourth-order valence-electron chi connectivity index (χ4n) is 2.90. The summed E-state index contributed by atoms with van der Waals surface area (Å²) in [5.41, 5.74) is 6.98. The van der Waals surface area contributed by atoms with Gasteiger partial charge in [-0.3, -0.25) is 9.69 Å². The molecule has 1 amide bonds. The Morgan fingerprint density at radius 2 is 1.95 bits per heavy atom. The normalized spacial score (nSPS) is 19.7. The molecule has 2 atom stereocenters. The smallest absolute Gasteiger partial charge is 0.246 e. The van der Waals surface area contributed by atoms with Crippen LogP contribution in [0.15, 0.2) is 24.3 Å². The van der Waals surface area contributed by atoms with Gasteiger partial charge in [0.05, 0.1) is 11.6 Å². The third-order valence-electron chi connectivity index (χ3n) is 4.38. The van der Waals surface area contributed by atoms with Gasteiger partial charge in [-0.25, -0.2) is 0 Å². The van der Waals surface area contributed by atoms with Crippen LogP contribution >= 0.6 is 0 Å². The number of nitrogens with zero attached hydrogens (tertiary/aromatic N) is 2. The molecule has 112 valence electrons. The van der Waals surface area contributed by atoms with E-state index in [1.165, 1.54) is 5.56 Å². The molecule has 1 fully saturated rings. The van der Waals surface area contributed by atoms with Crippen LogP contribution in [0.4, 0.5) is 0 Å². The molecule has 2 rings (SSSR count). The molecule has 5 heteroatoms. The Kier molecular flexibility index (Phi) is 4.94. The number of rotatable bonds is 4. The number of hydrogen-bond donors (Lipinski definition) is 2. The van der Waals surface area contributed by atoms with E-state index < -0.39 is 12.0 Å². The molecule has 0 radical (unpaired) electrons. The molecular weight excluding hydrogens is 266 g/mol. The zero-order chi connectivity index (χ0) is 15.4. The lowest BCUT2D eigenvalue weighted by Crippen LogP contribution is -2.43. The van der Waals surface area contributed by atoms with Crippen LogP contribution in [0.5, 0.6) is 0 Å². The van der Waals surface area contributed by atoms with Crippen LogP contribution in [0.1, 0.15) is 36.9 Å². The predicted molar refractivity (Wildman–Crippen MR) is 79.1 cm³/mol. The quantitative estimate of drug-likeness (QED) is 0.870. The lowest BCUT2D eigenvalue weighted by atomic mass is 9.89. The van der Waals surface area contributed by atoms with Crippen LogP contribution in [0.2, 0.25) is 0 Å². The van der Waals surface area contributed by atoms with E-state index in [0.29, 0.717) is 5.56 Å². The topological polar surface area (TPSA) is 90.3 Å². The van der Waals surface area contributed by atoms with Gasteiger partial charge >= 0.3 is 0 Å². The van der Waals surface area contributed by atoms with E-state index in [0.717, 1.165) is 25.9 Å². The van der Waals surface area contributed by atoms with E-state index in [1.54, 1.807) is 0 Å². The van der Waals surface area contributed by atoms with E-state index in [-0.39, 0.29) is 12.0 Å². The molecule has 0 aromatic heterocycles. The van der Waals surface area contributed by atoms with Crippen molar-refractivity contribution < 1.29 is 9.90 Å². The molecular formula is C16H21N3O2. The van der Waals surface area contributed by atoms with Crippen molar-refractivity contribution in [2.24, 2.45) is 11.7 Å². The monoisotopic (exact) mass is 287 g/mol. The highest BCUT2D eigenvalue weighted by Crippen LogP contribution is 2.28. The van der Waals surface area contributed by atoms with Crippen molar-refractivity contribution in [1.29, 1.82) is 5.26 Å². The van der Waals surface area contributed by atoms with Gasteiger partial charge in [-0.1, -0.05) is 12.1 Å². The van der Waals surface area contributed by atoms with Crippen molar-refractivity contribution in [2.75, 3.05) is 13.1 Å². The molecule has 3 N–H and O–H groups in total. The van der Waals surface area contributed by atoms with Gasteiger partial charge in [-0.15, -0.1) is 0 Å². The van der Waals surface area contributed by atoms with Crippen LogP contribution in [-0.4, -0.2) is 35.1 Å². The lowest BCUT2D eigenvalue weighted by Gasteiger charge is -2.37. The number of aliphatic hydroxyl groups excluding tert-OH is 1. The van der Waals surface area contributed by atoms with Crippen LogP contribution in [0.25, 0.3) is 0 Å². The second-order valence-corrected chi connectivity index (χ2v) is 5.63. The number of nitrogens with two attached hydrogens (primary N) is 1. The average Bonchev–Trinajstić information content (AvgIpc) is 2.53. The number of carbonyl (C=O) groups excluding carboxylic acids is 1. The van der Waals surface area contributed by atoms with Gasteiger partial charge in [-0.2, -0.15) is 5.26 Å². The van der Waals surface area contributed by atoms with Crippen molar-refractivity contribution in [2.45, 2.75) is 31.9 Å². The highest BCUT2D eigenvalue weighted by molar-refractivity contribution is 5.78. The number of aliphatic hydroxyl groups is 1. The first-order valence-corrected chi connectivity index (χ1v) is 7.24. The molecule has 1 heterocycles. The molecule has 1 saturated heterocycles. The van der Waals surface area contributed by atoms with Gasteiger partial charge in [0.15, 0.2) is 0 Å². The van der Waals surface area contributed by atoms with Crippen molar-refractivity contribution in [3.63, 3.8) is 0 Å². The average molecular weight is 287 g/mol. The van der Waals surface area contributed by atoms with Gasteiger partial charge in [0.1, 0.15) is 6.10 Å². The fourth-order valence-corrected chi connectivity index (χ4v) is 2.90. The molecule has 0 spiro atoms. The minimum Gasteiger partial charge on any atom is -0.383 e. The number of nitriles is 1. The number of benzene rings is 1. The predicted octanol–water partition coefficient (Wildman–Crippen LogP) is 1.18. The Bertz CT molecular complexity index is 527. The third kappa shape index (κ3) is 3.60. The Morgan fingerprint density at radius 1 is 1.38 bits per heavy atom. The zero-order valence-electron chi connectivity index (χ0n) is 12.2. The summed E-state index contributed by atoms with van der Waals surface area (Å²) in [6, 6.07) is 9.99. The van der Waals surface area contributed by atoms with E-state index >= 15 is 0 Å². The van der Waals surface area contributed by atoms with Crippen molar-refractivity contribution in [1.82, 2.24) is 4.90 Å². The largest absolute Gasteiger partial charge is 0.383 e. The van der Waals surface area contributed by atoms with E-state index in [9.17, 15) is 9.90 Å². The molecule has 0 saturated carbocycles. The number of amides is 1. The second kappa shape index (κ2) is 6.70.